The Bertz CT molecular complexity index is 601. The summed E-state index contributed by atoms with van der Waals surface area (Å²) >= 11 is 5.94. The zero-order chi connectivity index (χ0) is 14.5. The molecule has 0 fully saturated rings. The van der Waals surface area contributed by atoms with Crippen LogP contribution in [0, 0.1) is 0 Å². The number of pyridine rings is 1. The number of nitrogen functional groups attached to an aromatic ring is 1. The van der Waals surface area contributed by atoms with Crippen molar-refractivity contribution in [3.8, 4) is 0 Å². The molecule has 1 atom stereocenters. The van der Waals surface area contributed by atoms with Crippen LogP contribution in [0.4, 0.5) is 5.69 Å². The predicted molar refractivity (Wildman–Crippen MR) is 80.6 cm³/mol. The van der Waals surface area contributed by atoms with Crippen molar-refractivity contribution in [3.05, 3.63) is 58.9 Å². The highest BCUT2D eigenvalue weighted by atomic mass is 35.5. The van der Waals surface area contributed by atoms with E-state index in [1.54, 1.807) is 0 Å². The Labute approximate surface area is 123 Å². The smallest absolute Gasteiger partial charge is 0.254 e. The standard InChI is InChI=1S/C15H16ClN3O/c1-2-13(10-6-4-3-5-7-10)19-15(20)12-8-11(17)9-18-14(12)16/h3-9,13H,2,17H2,1H3,(H,19,20). The first-order valence-corrected chi connectivity index (χ1v) is 6.76. The summed E-state index contributed by atoms with van der Waals surface area (Å²) in [5.41, 5.74) is 7.39. The molecule has 2 rings (SSSR count). The summed E-state index contributed by atoms with van der Waals surface area (Å²) in [6.07, 6.45) is 2.21. The number of carbonyl (C=O) groups excluding carboxylic acids is 1. The monoisotopic (exact) mass is 289 g/mol. The minimum absolute atomic E-state index is 0.0683. The van der Waals surface area contributed by atoms with Crippen molar-refractivity contribution in [2.24, 2.45) is 0 Å². The van der Waals surface area contributed by atoms with Gasteiger partial charge in [0.15, 0.2) is 0 Å². The third-order valence-corrected chi connectivity index (χ3v) is 3.32. The van der Waals surface area contributed by atoms with Crippen molar-refractivity contribution < 1.29 is 4.79 Å². The highest BCUT2D eigenvalue weighted by Gasteiger charge is 2.17. The van der Waals surface area contributed by atoms with Gasteiger partial charge in [-0.3, -0.25) is 4.79 Å². The minimum Gasteiger partial charge on any atom is -0.397 e. The maximum Gasteiger partial charge on any atom is 0.254 e. The lowest BCUT2D eigenvalue weighted by Gasteiger charge is -2.17. The lowest BCUT2D eigenvalue weighted by molar-refractivity contribution is 0.0935. The number of carbonyl (C=O) groups is 1. The highest BCUT2D eigenvalue weighted by molar-refractivity contribution is 6.32. The largest absolute Gasteiger partial charge is 0.397 e. The van der Waals surface area contributed by atoms with Gasteiger partial charge in [0, 0.05) is 0 Å². The predicted octanol–water partition coefficient (Wildman–Crippen LogP) is 3.20. The molecule has 0 saturated carbocycles. The Balaban J connectivity index is 2.20. The van der Waals surface area contributed by atoms with Gasteiger partial charge in [0.05, 0.1) is 23.5 Å². The van der Waals surface area contributed by atoms with Gasteiger partial charge in [0.2, 0.25) is 0 Å². The Kier molecular flexibility index (Phi) is 4.58. The Morgan fingerprint density at radius 3 is 2.75 bits per heavy atom. The number of benzene rings is 1. The van der Waals surface area contributed by atoms with Crippen molar-refractivity contribution in [3.63, 3.8) is 0 Å². The average molecular weight is 290 g/mol. The summed E-state index contributed by atoms with van der Waals surface area (Å²) in [6, 6.07) is 11.2. The number of anilines is 1. The number of nitrogens with zero attached hydrogens (tertiary/aromatic N) is 1. The molecule has 4 nitrogen and oxygen atoms in total. The van der Waals surface area contributed by atoms with E-state index in [1.165, 1.54) is 12.3 Å². The van der Waals surface area contributed by atoms with E-state index < -0.39 is 0 Å². The van der Waals surface area contributed by atoms with Gasteiger partial charge in [-0.2, -0.15) is 0 Å². The Morgan fingerprint density at radius 1 is 1.40 bits per heavy atom. The van der Waals surface area contributed by atoms with E-state index in [0.717, 1.165) is 12.0 Å². The van der Waals surface area contributed by atoms with Crippen LogP contribution >= 0.6 is 11.6 Å². The molecule has 0 radical (unpaired) electrons. The van der Waals surface area contributed by atoms with Crippen molar-refractivity contribution >= 4 is 23.2 Å². The van der Waals surface area contributed by atoms with Gasteiger partial charge in [-0.1, -0.05) is 48.9 Å². The number of aromatic nitrogens is 1. The maximum absolute atomic E-state index is 12.3. The molecule has 1 amide bonds. The van der Waals surface area contributed by atoms with Crippen molar-refractivity contribution in [1.82, 2.24) is 10.3 Å². The van der Waals surface area contributed by atoms with Gasteiger partial charge in [0.1, 0.15) is 5.15 Å². The summed E-state index contributed by atoms with van der Waals surface area (Å²) in [5.74, 6) is -0.273. The number of amides is 1. The molecule has 1 aromatic carbocycles. The van der Waals surface area contributed by atoms with Crippen LogP contribution in [0.3, 0.4) is 0 Å². The summed E-state index contributed by atoms with van der Waals surface area (Å²) in [5, 5.41) is 3.10. The number of hydrogen-bond donors (Lipinski definition) is 2. The van der Waals surface area contributed by atoms with Gasteiger partial charge >= 0.3 is 0 Å². The molecule has 0 aliphatic heterocycles. The van der Waals surface area contributed by atoms with Crippen LogP contribution in [-0.4, -0.2) is 10.9 Å². The minimum atomic E-state index is -0.273. The number of nitrogens with one attached hydrogen (secondary N) is 1. The van der Waals surface area contributed by atoms with E-state index in [1.807, 2.05) is 37.3 Å². The lowest BCUT2D eigenvalue weighted by Crippen LogP contribution is -2.28. The molecule has 5 heteroatoms. The fourth-order valence-electron chi connectivity index (χ4n) is 1.97. The normalized spacial score (nSPS) is 11.9. The van der Waals surface area contributed by atoms with Gasteiger partial charge in [-0.25, -0.2) is 4.98 Å². The van der Waals surface area contributed by atoms with E-state index in [2.05, 4.69) is 10.3 Å². The first-order chi connectivity index (χ1) is 9.61. The van der Waals surface area contributed by atoms with Crippen LogP contribution in [0.15, 0.2) is 42.6 Å². The molecule has 0 spiro atoms. The lowest BCUT2D eigenvalue weighted by atomic mass is 10.0. The quantitative estimate of drug-likeness (QED) is 0.849. The topological polar surface area (TPSA) is 68.0 Å². The Morgan fingerprint density at radius 2 is 2.10 bits per heavy atom. The summed E-state index contributed by atoms with van der Waals surface area (Å²) in [4.78, 5) is 16.2. The summed E-state index contributed by atoms with van der Waals surface area (Å²) in [6.45, 7) is 2.01. The number of hydrogen-bond acceptors (Lipinski definition) is 3. The summed E-state index contributed by atoms with van der Waals surface area (Å²) < 4.78 is 0. The molecule has 3 N–H and O–H groups in total. The van der Waals surface area contributed by atoms with Crippen LogP contribution in [0.5, 0.6) is 0 Å². The van der Waals surface area contributed by atoms with Crippen LogP contribution in [0.25, 0.3) is 0 Å². The number of rotatable bonds is 4. The van der Waals surface area contributed by atoms with E-state index in [0.29, 0.717) is 11.3 Å². The molecule has 0 aliphatic carbocycles. The molecular formula is C15H16ClN3O. The highest BCUT2D eigenvalue weighted by Crippen LogP contribution is 2.20. The first kappa shape index (κ1) is 14.3. The molecule has 2 aromatic rings. The molecule has 20 heavy (non-hydrogen) atoms. The SMILES string of the molecule is CCC(NC(=O)c1cc(N)cnc1Cl)c1ccccc1. The van der Waals surface area contributed by atoms with Gasteiger partial charge in [0.25, 0.3) is 5.91 Å². The summed E-state index contributed by atoms with van der Waals surface area (Å²) in [7, 11) is 0. The second-order valence-electron chi connectivity index (χ2n) is 4.45. The van der Waals surface area contributed by atoms with E-state index >= 15 is 0 Å². The fraction of sp³-hybridized carbons (Fsp3) is 0.200. The van der Waals surface area contributed by atoms with Crippen LogP contribution in [0.1, 0.15) is 35.3 Å². The zero-order valence-corrected chi connectivity index (χ0v) is 11.9. The maximum atomic E-state index is 12.3. The van der Waals surface area contributed by atoms with Crippen LogP contribution < -0.4 is 11.1 Å². The third kappa shape index (κ3) is 3.27. The van der Waals surface area contributed by atoms with Crippen molar-refractivity contribution in [2.45, 2.75) is 19.4 Å². The Hall–Kier alpha value is -2.07. The van der Waals surface area contributed by atoms with E-state index in [4.69, 9.17) is 17.3 Å². The number of nitrogens with two attached hydrogens (primary N) is 1. The number of halogens is 1. The van der Waals surface area contributed by atoms with Crippen molar-refractivity contribution in [2.75, 3.05) is 5.73 Å². The molecule has 1 unspecified atom stereocenters. The molecule has 0 bridgehead atoms. The molecule has 1 heterocycles. The molecule has 104 valence electrons. The average Bonchev–Trinajstić information content (AvgIpc) is 2.48. The second kappa shape index (κ2) is 6.39. The molecule has 1 aromatic heterocycles. The molecule has 0 aliphatic rings. The molecule has 0 saturated heterocycles. The van der Waals surface area contributed by atoms with Crippen LogP contribution in [-0.2, 0) is 0 Å². The van der Waals surface area contributed by atoms with Gasteiger partial charge < -0.3 is 11.1 Å². The third-order valence-electron chi connectivity index (χ3n) is 3.02. The van der Waals surface area contributed by atoms with E-state index in [9.17, 15) is 4.79 Å². The molecular weight excluding hydrogens is 274 g/mol. The van der Waals surface area contributed by atoms with Gasteiger partial charge in [-0.05, 0) is 18.1 Å². The van der Waals surface area contributed by atoms with E-state index in [-0.39, 0.29) is 17.1 Å². The second-order valence-corrected chi connectivity index (χ2v) is 4.81. The van der Waals surface area contributed by atoms with Gasteiger partial charge in [-0.15, -0.1) is 0 Å². The zero-order valence-electron chi connectivity index (χ0n) is 11.1. The fourth-order valence-corrected chi connectivity index (χ4v) is 2.16. The van der Waals surface area contributed by atoms with Crippen LogP contribution in [0.2, 0.25) is 5.15 Å². The first-order valence-electron chi connectivity index (χ1n) is 6.38. The van der Waals surface area contributed by atoms with Crippen molar-refractivity contribution in [1.29, 1.82) is 0 Å².